The van der Waals surface area contributed by atoms with Crippen LogP contribution in [0.15, 0.2) is 36.4 Å². The molecule has 0 atom stereocenters. The van der Waals surface area contributed by atoms with Crippen LogP contribution in [0.2, 0.25) is 0 Å². The van der Waals surface area contributed by atoms with Gasteiger partial charge in [0.1, 0.15) is 17.9 Å². The second-order valence-electron chi connectivity index (χ2n) is 7.94. The molecule has 4 nitrogen and oxygen atoms in total. The third-order valence-electron chi connectivity index (χ3n) is 5.85. The van der Waals surface area contributed by atoms with Gasteiger partial charge in [-0.1, -0.05) is 25.5 Å². The lowest BCUT2D eigenvalue weighted by Gasteiger charge is -2.29. The predicted octanol–water partition coefficient (Wildman–Crippen LogP) is 6.38. The zero-order chi connectivity index (χ0) is 21.5. The molecule has 2 saturated carbocycles. The average Bonchev–Trinajstić information content (AvgIpc) is 3.21. The average molecular weight is 413 g/mol. The normalized spacial score (nSPS) is 16.3. The van der Waals surface area contributed by atoms with Crippen molar-refractivity contribution in [3.8, 4) is 16.9 Å². The van der Waals surface area contributed by atoms with Gasteiger partial charge in [-0.3, -0.25) is 0 Å². The number of ether oxygens (including phenoxy) is 1. The maximum Gasteiger partial charge on any atom is 0.335 e. The Balaban J connectivity index is 0.000000589. The lowest BCUT2D eigenvalue weighted by molar-refractivity contribution is -0.107. The first-order valence-corrected chi connectivity index (χ1v) is 10.8. The standard InChI is InChI=1S/C22H23FO3.C3H6O/c23-19-10-4-9-17(21(19)14-5-3-6-14)18-13-15(22(24)25)11-12-20(18)26-16-7-1-2-8-16;1-2-3-4/h4,9-14,16H,1-3,5-8H2,(H,24,25);3H,2H2,1H3. The van der Waals surface area contributed by atoms with E-state index in [2.05, 4.69) is 0 Å². The first-order valence-electron chi connectivity index (χ1n) is 10.8. The summed E-state index contributed by atoms with van der Waals surface area (Å²) in [5.74, 6) is -0.327. The van der Waals surface area contributed by atoms with Crippen molar-refractivity contribution in [1.29, 1.82) is 0 Å². The molecule has 2 aromatic carbocycles. The van der Waals surface area contributed by atoms with Crippen molar-refractivity contribution in [3.05, 3.63) is 53.3 Å². The van der Waals surface area contributed by atoms with Gasteiger partial charge < -0.3 is 14.6 Å². The summed E-state index contributed by atoms with van der Waals surface area (Å²) in [6.07, 6.45) is 9.07. The minimum absolute atomic E-state index is 0.158. The molecular formula is C25H29FO4. The van der Waals surface area contributed by atoms with E-state index in [4.69, 9.17) is 4.74 Å². The van der Waals surface area contributed by atoms with Gasteiger partial charge in [-0.15, -0.1) is 0 Å². The summed E-state index contributed by atoms with van der Waals surface area (Å²) in [5.41, 5.74) is 2.36. The van der Waals surface area contributed by atoms with Crippen LogP contribution in [0, 0.1) is 5.82 Å². The van der Waals surface area contributed by atoms with E-state index in [-0.39, 0.29) is 23.4 Å². The van der Waals surface area contributed by atoms with E-state index in [1.54, 1.807) is 24.3 Å². The largest absolute Gasteiger partial charge is 0.490 e. The Bertz CT molecular complexity index is 883. The van der Waals surface area contributed by atoms with Crippen LogP contribution >= 0.6 is 0 Å². The highest BCUT2D eigenvalue weighted by atomic mass is 19.1. The number of halogens is 1. The van der Waals surface area contributed by atoms with Gasteiger partial charge in [-0.2, -0.15) is 0 Å². The Labute approximate surface area is 177 Å². The van der Waals surface area contributed by atoms with Crippen LogP contribution in [-0.2, 0) is 4.79 Å². The summed E-state index contributed by atoms with van der Waals surface area (Å²) in [6, 6.07) is 10.0. The van der Waals surface area contributed by atoms with Gasteiger partial charge in [0.15, 0.2) is 0 Å². The van der Waals surface area contributed by atoms with Gasteiger partial charge in [0.25, 0.3) is 0 Å². The Morgan fingerprint density at radius 1 is 1.10 bits per heavy atom. The highest BCUT2D eigenvalue weighted by Crippen LogP contribution is 2.45. The monoisotopic (exact) mass is 412 g/mol. The van der Waals surface area contributed by atoms with E-state index in [0.29, 0.717) is 23.3 Å². The maximum absolute atomic E-state index is 14.6. The quantitative estimate of drug-likeness (QED) is 0.560. The second-order valence-corrected chi connectivity index (χ2v) is 7.94. The number of hydrogen-bond acceptors (Lipinski definition) is 3. The fourth-order valence-corrected chi connectivity index (χ4v) is 4.05. The van der Waals surface area contributed by atoms with E-state index in [0.717, 1.165) is 56.8 Å². The fourth-order valence-electron chi connectivity index (χ4n) is 4.05. The number of carbonyl (C=O) groups excluding carboxylic acids is 1. The van der Waals surface area contributed by atoms with Crippen LogP contribution < -0.4 is 4.74 Å². The van der Waals surface area contributed by atoms with Gasteiger partial charge in [-0.05, 0) is 79.8 Å². The zero-order valence-corrected chi connectivity index (χ0v) is 17.4. The van der Waals surface area contributed by atoms with Crippen molar-refractivity contribution in [2.45, 2.75) is 70.3 Å². The van der Waals surface area contributed by atoms with Crippen LogP contribution in [0.4, 0.5) is 4.39 Å². The maximum atomic E-state index is 14.6. The van der Waals surface area contributed by atoms with Crippen molar-refractivity contribution in [1.82, 2.24) is 0 Å². The van der Waals surface area contributed by atoms with Gasteiger partial charge in [-0.25, -0.2) is 9.18 Å². The number of carbonyl (C=O) groups is 2. The fraction of sp³-hybridized carbons (Fsp3) is 0.440. The minimum atomic E-state index is -0.986. The van der Waals surface area contributed by atoms with Gasteiger partial charge in [0, 0.05) is 12.0 Å². The van der Waals surface area contributed by atoms with Crippen LogP contribution in [0.1, 0.15) is 80.1 Å². The lowest BCUT2D eigenvalue weighted by Crippen LogP contribution is -2.14. The number of carboxylic acids is 1. The molecule has 0 unspecified atom stereocenters. The van der Waals surface area contributed by atoms with E-state index in [9.17, 15) is 19.1 Å². The number of aromatic carboxylic acids is 1. The summed E-state index contributed by atoms with van der Waals surface area (Å²) < 4.78 is 20.9. The molecule has 0 aliphatic heterocycles. The van der Waals surface area contributed by atoms with E-state index in [1.165, 1.54) is 6.07 Å². The molecule has 2 aliphatic carbocycles. The summed E-state index contributed by atoms with van der Waals surface area (Å²) in [4.78, 5) is 20.7. The molecule has 2 aromatic rings. The lowest BCUT2D eigenvalue weighted by atomic mass is 9.76. The molecule has 4 rings (SSSR count). The highest BCUT2D eigenvalue weighted by Gasteiger charge is 2.28. The van der Waals surface area contributed by atoms with Crippen molar-refractivity contribution >= 4 is 12.3 Å². The van der Waals surface area contributed by atoms with Crippen molar-refractivity contribution in [3.63, 3.8) is 0 Å². The van der Waals surface area contributed by atoms with Crippen molar-refractivity contribution < 1.29 is 23.8 Å². The van der Waals surface area contributed by atoms with Crippen molar-refractivity contribution in [2.75, 3.05) is 0 Å². The Morgan fingerprint density at radius 2 is 1.80 bits per heavy atom. The van der Waals surface area contributed by atoms with Gasteiger partial charge >= 0.3 is 5.97 Å². The van der Waals surface area contributed by atoms with Crippen LogP contribution in [0.5, 0.6) is 5.75 Å². The molecule has 0 bridgehead atoms. The number of rotatable bonds is 6. The first kappa shape index (κ1) is 22.0. The summed E-state index contributed by atoms with van der Waals surface area (Å²) >= 11 is 0. The molecule has 1 N–H and O–H groups in total. The third-order valence-corrected chi connectivity index (χ3v) is 5.85. The Kier molecular flexibility index (Phi) is 7.61. The molecule has 0 heterocycles. The Hall–Kier alpha value is -2.69. The van der Waals surface area contributed by atoms with Gasteiger partial charge in [0.05, 0.1) is 11.7 Å². The first-order chi connectivity index (χ1) is 14.5. The van der Waals surface area contributed by atoms with Crippen LogP contribution in [0.3, 0.4) is 0 Å². The number of hydrogen-bond donors (Lipinski definition) is 1. The summed E-state index contributed by atoms with van der Waals surface area (Å²) in [7, 11) is 0. The minimum Gasteiger partial charge on any atom is -0.490 e. The summed E-state index contributed by atoms with van der Waals surface area (Å²) in [6.45, 7) is 1.81. The molecule has 2 aliphatic rings. The van der Waals surface area contributed by atoms with E-state index < -0.39 is 5.97 Å². The van der Waals surface area contributed by atoms with Crippen molar-refractivity contribution in [2.24, 2.45) is 0 Å². The predicted molar refractivity (Wildman–Crippen MR) is 115 cm³/mol. The SMILES string of the molecule is CCC=O.O=C(O)c1ccc(OC2CCCC2)c(-c2cccc(F)c2C2CCC2)c1. The molecule has 30 heavy (non-hydrogen) atoms. The molecule has 2 fully saturated rings. The number of carboxylic acid groups (broad SMARTS) is 1. The van der Waals surface area contributed by atoms with E-state index >= 15 is 0 Å². The molecule has 5 heteroatoms. The topological polar surface area (TPSA) is 63.6 Å². The Morgan fingerprint density at radius 3 is 2.37 bits per heavy atom. The zero-order valence-electron chi connectivity index (χ0n) is 17.4. The highest BCUT2D eigenvalue weighted by molar-refractivity contribution is 5.91. The second kappa shape index (κ2) is 10.4. The smallest absolute Gasteiger partial charge is 0.335 e. The molecule has 0 radical (unpaired) electrons. The van der Waals surface area contributed by atoms with Crippen LogP contribution in [0.25, 0.3) is 11.1 Å². The number of benzene rings is 2. The third kappa shape index (κ3) is 5.07. The molecule has 0 saturated heterocycles. The molecular weight excluding hydrogens is 383 g/mol. The van der Waals surface area contributed by atoms with Gasteiger partial charge in [0.2, 0.25) is 0 Å². The van der Waals surface area contributed by atoms with E-state index in [1.807, 2.05) is 13.0 Å². The van der Waals surface area contributed by atoms with Crippen LogP contribution in [-0.4, -0.2) is 23.5 Å². The molecule has 160 valence electrons. The number of aldehydes is 1. The molecule has 0 aromatic heterocycles. The summed E-state index contributed by atoms with van der Waals surface area (Å²) in [5, 5.41) is 9.41. The molecule has 0 amide bonds. The molecule has 0 spiro atoms.